The molecule has 4 nitrogen and oxygen atoms in total. The summed E-state index contributed by atoms with van der Waals surface area (Å²) < 4.78 is 5.96. The largest absolute Gasteiger partial charge is 0.497 e. The minimum absolute atomic E-state index is 0.0125. The predicted octanol–water partition coefficient (Wildman–Crippen LogP) is 3.06. The highest BCUT2D eigenvalue weighted by atomic mass is 32.2. The van der Waals surface area contributed by atoms with Gasteiger partial charge >= 0.3 is 0 Å². The van der Waals surface area contributed by atoms with Crippen LogP contribution in [0.5, 0.6) is 5.75 Å². The summed E-state index contributed by atoms with van der Waals surface area (Å²) in [5.41, 5.74) is 1.05. The molecule has 0 spiro atoms. The number of benzene rings is 1. The average Bonchev–Trinajstić information content (AvgIpc) is 2.59. The van der Waals surface area contributed by atoms with E-state index in [1.807, 2.05) is 24.3 Å². The van der Waals surface area contributed by atoms with Crippen LogP contribution in [0.15, 0.2) is 24.3 Å². The molecular weight excluding hydrogens is 328 g/mol. The highest BCUT2D eigenvalue weighted by molar-refractivity contribution is 8.23. The summed E-state index contributed by atoms with van der Waals surface area (Å²) in [6.07, 6.45) is 2.37. The second-order valence-corrected chi connectivity index (χ2v) is 7.46. The normalized spacial score (nSPS) is 15.3. The summed E-state index contributed by atoms with van der Waals surface area (Å²) in [6.45, 7) is 4.83. The van der Waals surface area contributed by atoms with Gasteiger partial charge in [-0.05, 0) is 36.5 Å². The summed E-state index contributed by atoms with van der Waals surface area (Å²) in [5, 5.41) is 2.92. The lowest BCUT2D eigenvalue weighted by Crippen LogP contribution is -2.36. The van der Waals surface area contributed by atoms with Crippen molar-refractivity contribution in [3.8, 4) is 5.75 Å². The smallest absolute Gasteiger partial charge is 0.230 e. The number of amides is 1. The Morgan fingerprint density at radius 2 is 2.00 bits per heavy atom. The molecule has 1 saturated heterocycles. The maximum absolute atomic E-state index is 11.9. The van der Waals surface area contributed by atoms with Gasteiger partial charge < -0.3 is 15.0 Å². The number of hydrogen-bond donors (Lipinski definition) is 1. The van der Waals surface area contributed by atoms with Crippen LogP contribution in [0.3, 0.4) is 0 Å². The Bertz CT molecular complexity index is 526. The SMILES string of the molecule is COc1ccc(CNC(=O)CSC(=S)N2CCC(C)CC2)cc1. The van der Waals surface area contributed by atoms with Gasteiger partial charge in [0, 0.05) is 19.6 Å². The summed E-state index contributed by atoms with van der Waals surface area (Å²) in [5.74, 6) is 1.99. The van der Waals surface area contributed by atoms with Gasteiger partial charge in [-0.1, -0.05) is 43.0 Å². The van der Waals surface area contributed by atoms with Crippen molar-refractivity contribution in [2.75, 3.05) is 26.0 Å². The van der Waals surface area contributed by atoms with Crippen LogP contribution in [0.4, 0.5) is 0 Å². The molecule has 126 valence electrons. The lowest BCUT2D eigenvalue weighted by Gasteiger charge is -2.31. The van der Waals surface area contributed by atoms with Crippen molar-refractivity contribution in [1.29, 1.82) is 0 Å². The molecule has 0 bridgehead atoms. The van der Waals surface area contributed by atoms with Crippen molar-refractivity contribution in [3.63, 3.8) is 0 Å². The first kappa shape index (κ1) is 18.1. The van der Waals surface area contributed by atoms with Gasteiger partial charge in [0.25, 0.3) is 0 Å². The number of carbonyl (C=O) groups is 1. The van der Waals surface area contributed by atoms with Crippen LogP contribution in [0.25, 0.3) is 0 Å². The minimum Gasteiger partial charge on any atom is -0.497 e. The fourth-order valence-corrected chi connectivity index (χ4v) is 3.49. The van der Waals surface area contributed by atoms with E-state index in [4.69, 9.17) is 17.0 Å². The summed E-state index contributed by atoms with van der Waals surface area (Å²) in [4.78, 5) is 14.2. The number of rotatable bonds is 5. The fraction of sp³-hybridized carbons (Fsp3) is 0.529. The minimum atomic E-state index is 0.0125. The van der Waals surface area contributed by atoms with Crippen LogP contribution in [0, 0.1) is 5.92 Å². The number of nitrogens with one attached hydrogen (secondary N) is 1. The van der Waals surface area contributed by atoms with Gasteiger partial charge in [0.1, 0.15) is 10.1 Å². The van der Waals surface area contributed by atoms with Gasteiger partial charge in [-0.2, -0.15) is 0 Å². The van der Waals surface area contributed by atoms with E-state index in [9.17, 15) is 4.79 Å². The van der Waals surface area contributed by atoms with E-state index in [-0.39, 0.29) is 5.91 Å². The Kier molecular flexibility index (Phi) is 7.17. The fourth-order valence-electron chi connectivity index (χ4n) is 2.40. The van der Waals surface area contributed by atoms with Crippen molar-refractivity contribution >= 4 is 34.2 Å². The Labute approximate surface area is 148 Å². The van der Waals surface area contributed by atoms with Gasteiger partial charge in [0.05, 0.1) is 12.9 Å². The maximum atomic E-state index is 11.9. The second kappa shape index (κ2) is 9.13. The van der Waals surface area contributed by atoms with Gasteiger partial charge in [0.2, 0.25) is 5.91 Å². The lowest BCUT2D eigenvalue weighted by molar-refractivity contribution is -0.118. The molecule has 23 heavy (non-hydrogen) atoms. The number of carbonyl (C=O) groups excluding carboxylic acids is 1. The molecule has 1 aromatic rings. The third-order valence-corrected chi connectivity index (χ3v) is 5.54. The van der Waals surface area contributed by atoms with E-state index in [2.05, 4.69) is 17.1 Å². The Morgan fingerprint density at radius 3 is 2.61 bits per heavy atom. The number of methoxy groups -OCH3 is 1. The second-order valence-electron chi connectivity index (χ2n) is 5.85. The molecule has 2 rings (SSSR count). The van der Waals surface area contributed by atoms with Crippen LogP contribution < -0.4 is 10.1 Å². The van der Waals surface area contributed by atoms with Gasteiger partial charge in [0.15, 0.2) is 0 Å². The van der Waals surface area contributed by atoms with E-state index in [0.29, 0.717) is 12.3 Å². The van der Waals surface area contributed by atoms with E-state index in [1.54, 1.807) is 7.11 Å². The van der Waals surface area contributed by atoms with Gasteiger partial charge in [-0.3, -0.25) is 4.79 Å². The van der Waals surface area contributed by atoms with Crippen molar-refractivity contribution in [2.45, 2.75) is 26.3 Å². The molecule has 1 aliphatic rings. The molecule has 0 atom stereocenters. The van der Waals surface area contributed by atoms with Crippen LogP contribution >= 0.6 is 24.0 Å². The number of nitrogens with zero attached hydrogens (tertiary/aromatic N) is 1. The summed E-state index contributed by atoms with van der Waals surface area (Å²) in [7, 11) is 1.64. The number of thiocarbonyl (C=S) groups is 1. The van der Waals surface area contributed by atoms with Crippen LogP contribution in [-0.2, 0) is 11.3 Å². The van der Waals surface area contributed by atoms with E-state index in [1.165, 1.54) is 24.6 Å². The molecule has 0 saturated carbocycles. The van der Waals surface area contributed by atoms with E-state index in [0.717, 1.165) is 34.6 Å². The standard InChI is InChI=1S/C17H24N2O2S2/c1-13-7-9-19(10-8-13)17(22)23-12-16(20)18-11-14-3-5-15(21-2)6-4-14/h3-6,13H,7-12H2,1-2H3,(H,18,20). The molecule has 1 fully saturated rings. The number of hydrogen-bond acceptors (Lipinski definition) is 4. The molecule has 6 heteroatoms. The third kappa shape index (κ3) is 6.03. The number of ether oxygens (including phenoxy) is 1. The number of thioether (sulfide) groups is 1. The highest BCUT2D eigenvalue weighted by Crippen LogP contribution is 2.20. The van der Waals surface area contributed by atoms with Crippen molar-refractivity contribution in [2.24, 2.45) is 5.92 Å². The molecule has 1 aliphatic heterocycles. The number of piperidine rings is 1. The van der Waals surface area contributed by atoms with Crippen molar-refractivity contribution in [3.05, 3.63) is 29.8 Å². The van der Waals surface area contributed by atoms with Gasteiger partial charge in [-0.25, -0.2) is 0 Å². The average molecular weight is 353 g/mol. The molecule has 1 amide bonds. The maximum Gasteiger partial charge on any atom is 0.230 e. The van der Waals surface area contributed by atoms with Crippen LogP contribution in [0.2, 0.25) is 0 Å². The zero-order chi connectivity index (χ0) is 16.7. The first-order chi connectivity index (χ1) is 11.1. The summed E-state index contributed by atoms with van der Waals surface area (Å²) in [6, 6.07) is 7.68. The molecular formula is C17H24N2O2S2. The molecule has 0 unspecified atom stereocenters. The topological polar surface area (TPSA) is 41.6 Å². The molecule has 0 radical (unpaired) electrons. The van der Waals surface area contributed by atoms with E-state index >= 15 is 0 Å². The monoisotopic (exact) mass is 352 g/mol. The molecule has 1 heterocycles. The van der Waals surface area contributed by atoms with Gasteiger partial charge in [-0.15, -0.1) is 0 Å². The van der Waals surface area contributed by atoms with Crippen molar-refractivity contribution < 1.29 is 9.53 Å². The lowest BCUT2D eigenvalue weighted by atomic mass is 10.00. The predicted molar refractivity (Wildman–Crippen MR) is 99.9 cm³/mol. The first-order valence-electron chi connectivity index (χ1n) is 7.90. The van der Waals surface area contributed by atoms with Crippen LogP contribution in [-0.4, -0.2) is 41.1 Å². The van der Waals surface area contributed by atoms with Crippen molar-refractivity contribution in [1.82, 2.24) is 10.2 Å². The Hall–Kier alpha value is -1.27. The molecule has 0 aliphatic carbocycles. The number of likely N-dealkylation sites (tertiary alicyclic amines) is 1. The Balaban J connectivity index is 1.67. The quantitative estimate of drug-likeness (QED) is 0.825. The third-order valence-electron chi connectivity index (χ3n) is 4.02. The van der Waals surface area contributed by atoms with E-state index < -0.39 is 0 Å². The zero-order valence-corrected chi connectivity index (χ0v) is 15.3. The Morgan fingerprint density at radius 1 is 1.35 bits per heavy atom. The molecule has 0 aromatic heterocycles. The molecule has 1 N–H and O–H groups in total. The molecule has 1 aromatic carbocycles. The highest BCUT2D eigenvalue weighted by Gasteiger charge is 2.18. The zero-order valence-electron chi connectivity index (χ0n) is 13.7. The van der Waals surface area contributed by atoms with Crippen LogP contribution in [0.1, 0.15) is 25.3 Å². The summed E-state index contributed by atoms with van der Waals surface area (Å²) >= 11 is 6.89. The first-order valence-corrected chi connectivity index (χ1v) is 9.29.